The number of rotatable bonds is 7. The van der Waals surface area contributed by atoms with Crippen LogP contribution in [0.1, 0.15) is 10.4 Å². The van der Waals surface area contributed by atoms with E-state index < -0.39 is 0 Å². The number of hydrogen-bond donors (Lipinski definition) is 2. The highest BCUT2D eigenvalue weighted by Crippen LogP contribution is 2.21. The molecule has 36 heavy (non-hydrogen) atoms. The number of amides is 2. The summed E-state index contributed by atoms with van der Waals surface area (Å²) in [4.78, 5) is 33.7. The van der Waals surface area contributed by atoms with E-state index in [1.165, 1.54) is 11.8 Å². The van der Waals surface area contributed by atoms with Crippen LogP contribution in [-0.2, 0) is 4.79 Å². The van der Waals surface area contributed by atoms with Gasteiger partial charge in [-0.25, -0.2) is 0 Å². The molecule has 0 radical (unpaired) electrons. The van der Waals surface area contributed by atoms with Crippen molar-refractivity contribution in [2.24, 2.45) is 0 Å². The molecule has 1 fully saturated rings. The molecular formula is C27H27N6O2S+. The Morgan fingerprint density at radius 1 is 0.889 bits per heavy atom. The Hall–Kier alpha value is -4.11. The van der Waals surface area contributed by atoms with Crippen LogP contribution < -0.4 is 14.9 Å². The van der Waals surface area contributed by atoms with Crippen LogP contribution in [0.2, 0.25) is 0 Å². The number of nitrogens with one attached hydrogen (secondary N) is 2. The van der Waals surface area contributed by atoms with Crippen LogP contribution >= 0.6 is 11.8 Å². The highest BCUT2D eigenvalue weighted by molar-refractivity contribution is 7.99. The minimum absolute atomic E-state index is 0.0790. The van der Waals surface area contributed by atoms with Gasteiger partial charge in [0.05, 0.1) is 5.75 Å². The third kappa shape index (κ3) is 5.58. The zero-order valence-electron chi connectivity index (χ0n) is 19.7. The van der Waals surface area contributed by atoms with E-state index in [0.717, 1.165) is 40.9 Å². The Labute approximate surface area is 213 Å². The zero-order valence-corrected chi connectivity index (χ0v) is 20.5. The average Bonchev–Trinajstić information content (AvgIpc) is 3.42. The molecule has 0 atom stereocenters. The van der Waals surface area contributed by atoms with Gasteiger partial charge in [0.25, 0.3) is 5.91 Å². The highest BCUT2D eigenvalue weighted by atomic mass is 32.2. The first-order chi connectivity index (χ1) is 17.7. The zero-order chi connectivity index (χ0) is 24.7. The van der Waals surface area contributed by atoms with E-state index in [1.807, 2.05) is 94.5 Å². The number of hydrogen-bond acceptors (Lipinski definition) is 5. The van der Waals surface area contributed by atoms with Crippen molar-refractivity contribution in [3.05, 3.63) is 96.8 Å². The number of carbonyl (C=O) groups excluding carboxylic acids is 2. The lowest BCUT2D eigenvalue weighted by atomic mass is 10.1. The molecule has 4 aromatic rings. The van der Waals surface area contributed by atoms with Crippen molar-refractivity contribution < 1.29 is 14.3 Å². The smallest absolute Gasteiger partial charge is 0.368 e. The summed E-state index contributed by atoms with van der Waals surface area (Å²) in [5.41, 5.74) is 3.51. The van der Waals surface area contributed by atoms with E-state index in [2.05, 4.69) is 20.3 Å². The molecule has 1 aliphatic rings. The van der Waals surface area contributed by atoms with Gasteiger partial charge in [0.2, 0.25) is 12.2 Å². The fourth-order valence-corrected chi connectivity index (χ4v) is 4.88. The van der Waals surface area contributed by atoms with Gasteiger partial charge < -0.3 is 15.1 Å². The summed E-state index contributed by atoms with van der Waals surface area (Å²) >= 11 is 1.37. The van der Waals surface area contributed by atoms with E-state index >= 15 is 0 Å². The minimum atomic E-state index is -0.0941. The summed E-state index contributed by atoms with van der Waals surface area (Å²) in [7, 11) is 0. The number of aromatic amines is 1. The summed E-state index contributed by atoms with van der Waals surface area (Å²) in [6.07, 6.45) is 1.61. The summed E-state index contributed by atoms with van der Waals surface area (Å²) in [6, 6.07) is 27.1. The minimum Gasteiger partial charge on any atom is -0.368 e. The number of anilines is 2. The Bertz CT molecular complexity index is 1300. The van der Waals surface area contributed by atoms with Crippen LogP contribution in [0.15, 0.2) is 96.4 Å². The van der Waals surface area contributed by atoms with Gasteiger partial charge in [-0.05, 0) is 65.3 Å². The van der Waals surface area contributed by atoms with E-state index in [0.29, 0.717) is 13.1 Å². The van der Waals surface area contributed by atoms with Crippen LogP contribution in [0.5, 0.6) is 0 Å². The third-order valence-electron chi connectivity index (χ3n) is 6.00. The second kappa shape index (κ2) is 11.1. The number of thioether (sulfide) groups is 1. The number of aromatic nitrogens is 3. The number of benzene rings is 3. The summed E-state index contributed by atoms with van der Waals surface area (Å²) in [6.45, 7) is 2.90. The number of para-hydroxylation sites is 1. The van der Waals surface area contributed by atoms with Crippen LogP contribution in [-0.4, -0.2) is 58.7 Å². The normalized spacial score (nSPS) is 13.4. The van der Waals surface area contributed by atoms with Crippen molar-refractivity contribution in [1.82, 2.24) is 15.0 Å². The van der Waals surface area contributed by atoms with Gasteiger partial charge >= 0.3 is 5.16 Å². The van der Waals surface area contributed by atoms with Gasteiger partial charge in [0.15, 0.2) is 5.69 Å². The maximum absolute atomic E-state index is 12.7. The average molecular weight is 500 g/mol. The van der Waals surface area contributed by atoms with Crippen molar-refractivity contribution in [3.63, 3.8) is 0 Å². The molecule has 2 amide bonds. The first-order valence-electron chi connectivity index (χ1n) is 11.8. The van der Waals surface area contributed by atoms with E-state index in [9.17, 15) is 9.59 Å². The molecule has 0 spiro atoms. The van der Waals surface area contributed by atoms with Crippen LogP contribution in [0, 0.1) is 0 Å². The van der Waals surface area contributed by atoms with Gasteiger partial charge in [0.1, 0.15) is 0 Å². The molecule has 182 valence electrons. The molecule has 0 unspecified atom stereocenters. The van der Waals surface area contributed by atoms with Gasteiger partial charge in [-0.1, -0.05) is 36.4 Å². The molecule has 3 aromatic carbocycles. The molecule has 5 rings (SSSR count). The molecule has 0 bridgehead atoms. The van der Waals surface area contributed by atoms with Crippen LogP contribution in [0.4, 0.5) is 11.4 Å². The maximum Gasteiger partial charge on any atom is 0.385 e. The molecule has 1 aromatic heterocycles. The number of H-pyrrole nitrogens is 1. The van der Waals surface area contributed by atoms with E-state index in [1.54, 1.807) is 6.33 Å². The maximum atomic E-state index is 12.7. The van der Waals surface area contributed by atoms with Crippen molar-refractivity contribution in [3.8, 4) is 5.69 Å². The molecule has 0 saturated carbocycles. The summed E-state index contributed by atoms with van der Waals surface area (Å²) < 4.78 is 1.85. The largest absolute Gasteiger partial charge is 0.385 e. The van der Waals surface area contributed by atoms with Gasteiger partial charge in [-0.2, -0.15) is 5.10 Å². The second-order valence-corrected chi connectivity index (χ2v) is 9.31. The Morgan fingerprint density at radius 3 is 2.25 bits per heavy atom. The summed E-state index contributed by atoms with van der Waals surface area (Å²) in [5, 5.41) is 6.75. The SMILES string of the molecule is O=C(CSc1nc[nH][n+]1-c1ccccc1)Nc1ccc(N2CCN(C(=O)c3ccccc3)CC2)cc1. The predicted molar refractivity (Wildman–Crippen MR) is 140 cm³/mol. The predicted octanol–water partition coefficient (Wildman–Crippen LogP) is 3.38. The Balaban J connectivity index is 1.11. The first-order valence-corrected chi connectivity index (χ1v) is 12.8. The molecule has 2 heterocycles. The summed E-state index contributed by atoms with van der Waals surface area (Å²) in [5.74, 6) is 0.232. The van der Waals surface area contributed by atoms with E-state index in [4.69, 9.17) is 0 Å². The number of nitrogens with zero attached hydrogens (tertiary/aromatic N) is 4. The lowest BCUT2D eigenvalue weighted by Crippen LogP contribution is -2.48. The Morgan fingerprint density at radius 2 is 1.56 bits per heavy atom. The number of piperazine rings is 1. The molecule has 9 heteroatoms. The fraction of sp³-hybridized carbons (Fsp3) is 0.185. The monoisotopic (exact) mass is 499 g/mol. The van der Waals surface area contributed by atoms with Crippen molar-refractivity contribution in [2.75, 3.05) is 42.1 Å². The van der Waals surface area contributed by atoms with Gasteiger partial charge in [0, 0.05) is 43.1 Å². The molecule has 1 aliphatic heterocycles. The molecule has 0 aliphatic carbocycles. The molecule has 8 nitrogen and oxygen atoms in total. The molecule has 2 N–H and O–H groups in total. The van der Waals surface area contributed by atoms with Crippen molar-refractivity contribution >= 4 is 35.0 Å². The van der Waals surface area contributed by atoms with E-state index in [-0.39, 0.29) is 17.6 Å². The molecular weight excluding hydrogens is 472 g/mol. The second-order valence-electron chi connectivity index (χ2n) is 8.37. The van der Waals surface area contributed by atoms with Crippen LogP contribution in [0.3, 0.4) is 0 Å². The third-order valence-corrected chi connectivity index (χ3v) is 6.96. The highest BCUT2D eigenvalue weighted by Gasteiger charge is 2.22. The lowest BCUT2D eigenvalue weighted by Gasteiger charge is -2.36. The first kappa shape index (κ1) is 23.6. The van der Waals surface area contributed by atoms with Gasteiger partial charge in [-0.3, -0.25) is 9.59 Å². The topological polar surface area (TPSA) is 85.2 Å². The fourth-order valence-electron chi connectivity index (χ4n) is 4.13. The number of carbonyl (C=O) groups is 2. The van der Waals surface area contributed by atoms with Crippen molar-refractivity contribution in [2.45, 2.75) is 5.16 Å². The standard InChI is InChI=1S/C27H26N6O2S/c34-25(19-36-27-28-20-29-33(27)24-9-5-2-6-10-24)30-22-11-13-23(14-12-22)31-15-17-32(18-16-31)26(35)21-7-3-1-4-8-21/h1-14,20H,15-19H2,(H,30,34)/p+1. The lowest BCUT2D eigenvalue weighted by molar-refractivity contribution is -0.694. The van der Waals surface area contributed by atoms with Crippen LogP contribution in [0.25, 0.3) is 5.69 Å². The molecule has 1 saturated heterocycles. The van der Waals surface area contributed by atoms with Crippen molar-refractivity contribution in [1.29, 1.82) is 0 Å². The quantitative estimate of drug-likeness (QED) is 0.301. The Kier molecular flexibility index (Phi) is 7.28. The van der Waals surface area contributed by atoms with Gasteiger partial charge in [-0.15, -0.1) is 4.68 Å².